The summed E-state index contributed by atoms with van der Waals surface area (Å²) in [7, 11) is 1.65. The Hall–Kier alpha value is -3.26. The Labute approximate surface area is 165 Å². The van der Waals surface area contributed by atoms with E-state index in [4.69, 9.17) is 0 Å². The third kappa shape index (κ3) is 3.11. The molecule has 5 nitrogen and oxygen atoms in total. The number of nitriles is 1. The number of rotatable bonds is 4. The number of benzene rings is 2. The van der Waals surface area contributed by atoms with Gasteiger partial charge in [0, 0.05) is 35.8 Å². The quantitative estimate of drug-likeness (QED) is 0.668. The Morgan fingerprint density at radius 3 is 2.89 bits per heavy atom. The van der Waals surface area contributed by atoms with Crippen molar-refractivity contribution in [1.82, 2.24) is 15.2 Å². The molecule has 0 aliphatic carbocycles. The summed E-state index contributed by atoms with van der Waals surface area (Å²) in [5.41, 5.74) is 5.96. The second-order valence-corrected chi connectivity index (χ2v) is 7.29. The summed E-state index contributed by atoms with van der Waals surface area (Å²) >= 11 is 0. The molecular formula is C23H24N4O. The molecule has 1 amide bonds. The highest BCUT2D eigenvalue weighted by Crippen LogP contribution is 2.35. The standard InChI is InChI=1S/C23H24N4O/c1-3-15-6-4-7-16(10-15)17-11-19(23(28)25-2)18-13-21(26-20(18)12-17)22-8-5-9-27(22)14-24/h4,6-7,10-13,22,26H,3,5,8-9H2,1-2H3,(H,25,28)/t22-/m0/s1. The third-order valence-corrected chi connectivity index (χ3v) is 5.64. The lowest BCUT2D eigenvalue weighted by Crippen LogP contribution is -2.18. The van der Waals surface area contributed by atoms with Crippen LogP contribution in [0.4, 0.5) is 0 Å². The highest BCUT2D eigenvalue weighted by atomic mass is 16.1. The lowest BCUT2D eigenvalue weighted by Gasteiger charge is -2.16. The molecule has 2 N–H and O–H groups in total. The Morgan fingerprint density at radius 2 is 2.14 bits per heavy atom. The first-order valence-electron chi connectivity index (χ1n) is 9.79. The summed E-state index contributed by atoms with van der Waals surface area (Å²) < 4.78 is 0. The molecule has 0 bridgehead atoms. The number of amides is 1. The van der Waals surface area contributed by atoms with E-state index in [0.717, 1.165) is 53.5 Å². The van der Waals surface area contributed by atoms with Crippen molar-refractivity contribution in [2.24, 2.45) is 0 Å². The maximum absolute atomic E-state index is 12.6. The monoisotopic (exact) mass is 372 g/mol. The molecule has 1 fully saturated rings. The summed E-state index contributed by atoms with van der Waals surface area (Å²) in [4.78, 5) is 17.9. The largest absolute Gasteiger partial charge is 0.357 e. The van der Waals surface area contributed by atoms with Gasteiger partial charge in [0.15, 0.2) is 6.19 Å². The summed E-state index contributed by atoms with van der Waals surface area (Å²) in [5.74, 6) is -0.104. The molecule has 0 radical (unpaired) electrons. The van der Waals surface area contributed by atoms with Gasteiger partial charge in [-0.3, -0.25) is 4.79 Å². The van der Waals surface area contributed by atoms with Crippen LogP contribution >= 0.6 is 0 Å². The number of nitrogens with zero attached hydrogens (tertiary/aromatic N) is 2. The number of aromatic nitrogens is 1. The number of hydrogen-bond acceptors (Lipinski definition) is 3. The molecule has 28 heavy (non-hydrogen) atoms. The minimum atomic E-state index is -0.104. The number of carbonyl (C=O) groups is 1. The van der Waals surface area contributed by atoms with E-state index >= 15 is 0 Å². The molecule has 2 aromatic carbocycles. The summed E-state index contributed by atoms with van der Waals surface area (Å²) in [5, 5.41) is 13.0. The highest BCUT2D eigenvalue weighted by molar-refractivity contribution is 6.08. The molecule has 1 saturated heterocycles. The average molecular weight is 372 g/mol. The molecule has 1 aromatic heterocycles. The van der Waals surface area contributed by atoms with Gasteiger partial charge >= 0.3 is 0 Å². The van der Waals surface area contributed by atoms with Crippen LogP contribution in [0.1, 0.15) is 47.4 Å². The summed E-state index contributed by atoms with van der Waals surface area (Å²) in [6, 6.07) is 14.6. The number of H-pyrrole nitrogens is 1. The zero-order valence-electron chi connectivity index (χ0n) is 16.2. The Balaban J connectivity index is 1.87. The lowest BCUT2D eigenvalue weighted by molar-refractivity contribution is 0.0965. The Bertz CT molecular complexity index is 1080. The first kappa shape index (κ1) is 18.1. The fraction of sp³-hybridized carbons (Fsp3) is 0.304. The SMILES string of the molecule is CCc1cccc(-c2cc(C(=O)NC)c3cc([C@@H]4CCCN4C#N)[nH]c3c2)c1. The van der Waals surface area contributed by atoms with E-state index in [-0.39, 0.29) is 11.9 Å². The van der Waals surface area contributed by atoms with Crippen LogP contribution in [0.5, 0.6) is 0 Å². The minimum Gasteiger partial charge on any atom is -0.357 e. The number of nitrogens with one attached hydrogen (secondary N) is 2. The van der Waals surface area contributed by atoms with Gasteiger partial charge in [0.2, 0.25) is 0 Å². The normalized spacial score (nSPS) is 16.3. The van der Waals surface area contributed by atoms with E-state index in [1.54, 1.807) is 7.05 Å². The first-order valence-corrected chi connectivity index (χ1v) is 9.79. The molecule has 0 unspecified atom stereocenters. The molecule has 1 atom stereocenters. The molecular weight excluding hydrogens is 348 g/mol. The van der Waals surface area contributed by atoms with E-state index in [9.17, 15) is 10.1 Å². The lowest BCUT2D eigenvalue weighted by atomic mass is 9.97. The van der Waals surface area contributed by atoms with E-state index in [1.807, 2.05) is 17.0 Å². The molecule has 3 aromatic rings. The first-order chi connectivity index (χ1) is 13.6. The van der Waals surface area contributed by atoms with Crippen molar-refractivity contribution in [3.8, 4) is 17.3 Å². The van der Waals surface area contributed by atoms with Crippen LogP contribution in [0.3, 0.4) is 0 Å². The second kappa shape index (κ2) is 7.40. The minimum absolute atomic E-state index is 0.0572. The van der Waals surface area contributed by atoms with E-state index in [2.05, 4.69) is 53.7 Å². The van der Waals surface area contributed by atoms with Crippen LogP contribution in [-0.2, 0) is 6.42 Å². The number of hydrogen-bond donors (Lipinski definition) is 2. The number of aryl methyl sites for hydroxylation is 1. The zero-order valence-corrected chi connectivity index (χ0v) is 16.2. The van der Waals surface area contributed by atoms with Gasteiger partial charge in [-0.05, 0) is 54.2 Å². The average Bonchev–Trinajstić information content (AvgIpc) is 3.38. The fourth-order valence-corrected chi connectivity index (χ4v) is 4.11. The highest BCUT2D eigenvalue weighted by Gasteiger charge is 2.27. The maximum atomic E-state index is 12.6. The molecule has 1 aliphatic heterocycles. The number of likely N-dealkylation sites (tertiary alicyclic amines) is 1. The Kier molecular flexibility index (Phi) is 4.79. The maximum Gasteiger partial charge on any atom is 0.251 e. The van der Waals surface area contributed by atoms with Gasteiger partial charge in [0.05, 0.1) is 6.04 Å². The topological polar surface area (TPSA) is 71.9 Å². The third-order valence-electron chi connectivity index (χ3n) is 5.64. The second-order valence-electron chi connectivity index (χ2n) is 7.29. The van der Waals surface area contributed by atoms with Gasteiger partial charge < -0.3 is 15.2 Å². The van der Waals surface area contributed by atoms with Crippen molar-refractivity contribution < 1.29 is 4.79 Å². The molecule has 2 heterocycles. The van der Waals surface area contributed by atoms with Gasteiger partial charge in [0.1, 0.15) is 0 Å². The van der Waals surface area contributed by atoms with Crippen molar-refractivity contribution >= 4 is 16.8 Å². The molecule has 1 aliphatic rings. The van der Waals surface area contributed by atoms with Gasteiger partial charge in [0.25, 0.3) is 5.91 Å². The molecule has 4 rings (SSSR count). The molecule has 0 spiro atoms. The fourth-order valence-electron chi connectivity index (χ4n) is 4.11. The van der Waals surface area contributed by atoms with Crippen LogP contribution in [0, 0.1) is 11.5 Å². The molecule has 0 saturated carbocycles. The number of fused-ring (bicyclic) bond motifs is 1. The van der Waals surface area contributed by atoms with Crippen LogP contribution < -0.4 is 5.32 Å². The summed E-state index contributed by atoms with van der Waals surface area (Å²) in [6.45, 7) is 2.92. The summed E-state index contributed by atoms with van der Waals surface area (Å²) in [6.07, 6.45) is 5.21. The van der Waals surface area contributed by atoms with Gasteiger partial charge in [-0.1, -0.05) is 31.2 Å². The van der Waals surface area contributed by atoms with Crippen molar-refractivity contribution in [2.45, 2.75) is 32.2 Å². The smallest absolute Gasteiger partial charge is 0.251 e. The number of carbonyl (C=O) groups excluding carboxylic acids is 1. The van der Waals surface area contributed by atoms with Gasteiger partial charge in [-0.15, -0.1) is 0 Å². The van der Waals surface area contributed by atoms with Gasteiger partial charge in [-0.25, -0.2) is 0 Å². The van der Waals surface area contributed by atoms with Crippen molar-refractivity contribution in [3.05, 3.63) is 59.3 Å². The van der Waals surface area contributed by atoms with E-state index in [1.165, 1.54) is 5.56 Å². The zero-order chi connectivity index (χ0) is 19.7. The number of aromatic amines is 1. The predicted molar refractivity (Wildman–Crippen MR) is 111 cm³/mol. The van der Waals surface area contributed by atoms with Crippen LogP contribution in [0.15, 0.2) is 42.5 Å². The van der Waals surface area contributed by atoms with Crippen molar-refractivity contribution in [3.63, 3.8) is 0 Å². The van der Waals surface area contributed by atoms with Crippen molar-refractivity contribution in [1.29, 1.82) is 5.26 Å². The van der Waals surface area contributed by atoms with E-state index in [0.29, 0.717) is 5.56 Å². The van der Waals surface area contributed by atoms with Crippen molar-refractivity contribution in [2.75, 3.05) is 13.6 Å². The van der Waals surface area contributed by atoms with Gasteiger partial charge in [-0.2, -0.15) is 5.26 Å². The van der Waals surface area contributed by atoms with E-state index < -0.39 is 0 Å². The van der Waals surface area contributed by atoms with Crippen LogP contribution in [-0.4, -0.2) is 29.4 Å². The molecule has 142 valence electrons. The predicted octanol–water partition coefficient (Wildman–Crippen LogP) is 4.37. The van der Waals surface area contributed by atoms with Crippen LogP contribution in [0.2, 0.25) is 0 Å². The van der Waals surface area contributed by atoms with Crippen LogP contribution in [0.25, 0.3) is 22.0 Å². The Morgan fingerprint density at radius 1 is 1.29 bits per heavy atom. The molecule has 5 heteroatoms.